The Labute approximate surface area is 176 Å². The van der Waals surface area contributed by atoms with Crippen LogP contribution in [0.3, 0.4) is 0 Å². The van der Waals surface area contributed by atoms with Crippen LogP contribution in [0.15, 0.2) is 47.3 Å². The quantitative estimate of drug-likeness (QED) is 0.536. The molecule has 29 heavy (non-hydrogen) atoms. The number of aromatic nitrogens is 1. The van der Waals surface area contributed by atoms with Gasteiger partial charge in [-0.2, -0.15) is 0 Å². The van der Waals surface area contributed by atoms with E-state index >= 15 is 0 Å². The van der Waals surface area contributed by atoms with E-state index in [1.54, 1.807) is 0 Å². The van der Waals surface area contributed by atoms with Crippen molar-refractivity contribution in [2.24, 2.45) is 0 Å². The maximum Gasteiger partial charge on any atom is 0.253 e. The molecule has 152 valence electrons. The van der Waals surface area contributed by atoms with E-state index in [1.165, 1.54) is 5.56 Å². The van der Waals surface area contributed by atoms with Gasteiger partial charge >= 0.3 is 0 Å². The predicted octanol–water partition coefficient (Wildman–Crippen LogP) is 4.03. The number of H-pyrrole nitrogens is 1. The fourth-order valence-electron chi connectivity index (χ4n) is 3.29. The summed E-state index contributed by atoms with van der Waals surface area (Å²) in [7, 11) is 0. The van der Waals surface area contributed by atoms with Crippen molar-refractivity contribution in [2.75, 3.05) is 18.5 Å². The Hall–Kier alpha value is -2.70. The minimum Gasteiger partial charge on any atom is -0.396 e. The van der Waals surface area contributed by atoms with E-state index in [2.05, 4.69) is 16.4 Å². The van der Waals surface area contributed by atoms with Crippen LogP contribution in [0.2, 0.25) is 0 Å². The molecule has 0 saturated carbocycles. The zero-order valence-electron chi connectivity index (χ0n) is 17.1. The van der Waals surface area contributed by atoms with Crippen molar-refractivity contribution >= 4 is 33.9 Å². The lowest BCUT2D eigenvalue weighted by Crippen LogP contribution is -2.37. The standard InChI is InChI=1S/C23H27N3O2S/c1-15-5-9-19(10-6-15)24-23(29)26(11-4-12-27)14-18-13-20-16(2)7-8-17(3)21(20)25-22(18)28/h5-10,13,27H,4,11-12,14H2,1-3H3,(H,24,29)(H,25,28). The van der Waals surface area contributed by atoms with E-state index in [4.69, 9.17) is 12.2 Å². The molecule has 0 unspecified atom stereocenters. The number of aliphatic hydroxyl groups is 1. The molecule has 0 aliphatic rings. The highest BCUT2D eigenvalue weighted by molar-refractivity contribution is 7.80. The van der Waals surface area contributed by atoms with Gasteiger partial charge < -0.3 is 20.3 Å². The summed E-state index contributed by atoms with van der Waals surface area (Å²) in [4.78, 5) is 17.7. The second-order valence-corrected chi connectivity index (χ2v) is 7.79. The van der Waals surface area contributed by atoms with Crippen LogP contribution in [0.5, 0.6) is 0 Å². The van der Waals surface area contributed by atoms with Crippen LogP contribution < -0.4 is 10.9 Å². The molecular formula is C23H27N3O2S. The summed E-state index contributed by atoms with van der Waals surface area (Å²) in [5.41, 5.74) is 5.64. The molecule has 3 rings (SSSR count). The SMILES string of the molecule is Cc1ccc(NC(=S)N(CCCO)Cc2cc3c(C)ccc(C)c3[nH]c2=O)cc1. The lowest BCUT2D eigenvalue weighted by Gasteiger charge is -2.26. The van der Waals surface area contributed by atoms with E-state index < -0.39 is 0 Å². The van der Waals surface area contributed by atoms with Crippen molar-refractivity contribution in [1.29, 1.82) is 0 Å². The number of rotatable bonds is 6. The molecule has 0 aliphatic heterocycles. The van der Waals surface area contributed by atoms with Gasteiger partial charge in [-0.1, -0.05) is 29.8 Å². The van der Waals surface area contributed by atoms with Crippen LogP contribution in [0, 0.1) is 20.8 Å². The van der Waals surface area contributed by atoms with Crippen LogP contribution in [0.4, 0.5) is 5.69 Å². The second-order valence-electron chi connectivity index (χ2n) is 7.41. The van der Waals surface area contributed by atoms with Crippen molar-refractivity contribution in [3.8, 4) is 0 Å². The number of hydrogen-bond acceptors (Lipinski definition) is 3. The average molecular weight is 410 g/mol. The lowest BCUT2D eigenvalue weighted by molar-refractivity contribution is 0.266. The molecule has 1 aromatic heterocycles. The van der Waals surface area contributed by atoms with Crippen molar-refractivity contribution < 1.29 is 5.11 Å². The highest BCUT2D eigenvalue weighted by Crippen LogP contribution is 2.20. The first-order valence-electron chi connectivity index (χ1n) is 9.74. The fourth-order valence-corrected chi connectivity index (χ4v) is 3.57. The van der Waals surface area contributed by atoms with Crippen molar-refractivity contribution in [2.45, 2.75) is 33.7 Å². The van der Waals surface area contributed by atoms with Gasteiger partial charge in [-0.15, -0.1) is 0 Å². The first-order valence-corrected chi connectivity index (χ1v) is 10.2. The summed E-state index contributed by atoms with van der Waals surface area (Å²) in [6, 6.07) is 14.0. The van der Waals surface area contributed by atoms with Crippen LogP contribution in [0.1, 0.15) is 28.7 Å². The average Bonchev–Trinajstić information content (AvgIpc) is 2.70. The summed E-state index contributed by atoms with van der Waals surface area (Å²) in [6.07, 6.45) is 0.569. The third-order valence-corrected chi connectivity index (χ3v) is 5.42. The summed E-state index contributed by atoms with van der Waals surface area (Å²) in [5.74, 6) is 0. The summed E-state index contributed by atoms with van der Waals surface area (Å²) >= 11 is 5.61. The number of pyridine rings is 1. The fraction of sp³-hybridized carbons (Fsp3) is 0.304. The lowest BCUT2D eigenvalue weighted by atomic mass is 10.0. The largest absolute Gasteiger partial charge is 0.396 e. The molecule has 0 aliphatic carbocycles. The molecule has 0 spiro atoms. The van der Waals surface area contributed by atoms with Gasteiger partial charge in [-0.3, -0.25) is 4.79 Å². The summed E-state index contributed by atoms with van der Waals surface area (Å²) in [5, 5.41) is 14.1. The van der Waals surface area contributed by atoms with Gasteiger partial charge in [0, 0.05) is 29.8 Å². The van der Waals surface area contributed by atoms with Crippen LogP contribution in [0.25, 0.3) is 10.9 Å². The molecule has 1 heterocycles. The van der Waals surface area contributed by atoms with E-state index in [1.807, 2.05) is 62.1 Å². The highest BCUT2D eigenvalue weighted by atomic mass is 32.1. The van der Waals surface area contributed by atoms with Crippen molar-refractivity contribution in [3.63, 3.8) is 0 Å². The van der Waals surface area contributed by atoms with Gasteiger partial charge in [-0.25, -0.2) is 0 Å². The van der Waals surface area contributed by atoms with Crippen LogP contribution in [-0.2, 0) is 6.54 Å². The monoisotopic (exact) mass is 409 g/mol. The predicted molar refractivity (Wildman–Crippen MR) is 124 cm³/mol. The number of nitrogens with one attached hydrogen (secondary N) is 2. The van der Waals surface area contributed by atoms with Gasteiger partial charge in [0.25, 0.3) is 5.56 Å². The molecule has 0 atom stereocenters. The van der Waals surface area contributed by atoms with Gasteiger partial charge in [0.1, 0.15) is 0 Å². The Morgan fingerprint density at radius 2 is 1.79 bits per heavy atom. The number of anilines is 1. The molecule has 6 heteroatoms. The number of aromatic amines is 1. The Morgan fingerprint density at radius 3 is 2.48 bits per heavy atom. The second kappa shape index (κ2) is 9.20. The topological polar surface area (TPSA) is 68.4 Å². The van der Waals surface area contributed by atoms with E-state index in [0.29, 0.717) is 30.2 Å². The number of thiocarbonyl (C=S) groups is 1. The Kier molecular flexibility index (Phi) is 6.67. The Bertz CT molecular complexity index is 1070. The van der Waals surface area contributed by atoms with E-state index in [-0.39, 0.29) is 12.2 Å². The minimum atomic E-state index is -0.113. The highest BCUT2D eigenvalue weighted by Gasteiger charge is 2.14. The third kappa shape index (κ3) is 5.02. The van der Waals surface area contributed by atoms with Gasteiger partial charge in [-0.05, 0) is 68.7 Å². The Balaban J connectivity index is 1.88. The van der Waals surface area contributed by atoms with Crippen LogP contribution in [-0.4, -0.2) is 33.3 Å². The maximum atomic E-state index is 12.7. The smallest absolute Gasteiger partial charge is 0.253 e. The van der Waals surface area contributed by atoms with Gasteiger partial charge in [0.2, 0.25) is 0 Å². The number of aryl methyl sites for hydroxylation is 3. The first-order chi connectivity index (χ1) is 13.9. The number of fused-ring (bicyclic) bond motifs is 1. The van der Waals surface area contributed by atoms with Gasteiger partial charge in [0.15, 0.2) is 5.11 Å². The van der Waals surface area contributed by atoms with Crippen molar-refractivity contribution in [1.82, 2.24) is 9.88 Å². The molecular weight excluding hydrogens is 382 g/mol. The third-order valence-electron chi connectivity index (χ3n) is 5.06. The number of hydrogen-bond donors (Lipinski definition) is 3. The normalized spacial score (nSPS) is 10.9. The molecule has 2 aromatic carbocycles. The summed E-state index contributed by atoms with van der Waals surface area (Å²) < 4.78 is 0. The molecule has 0 fully saturated rings. The van der Waals surface area contributed by atoms with Gasteiger partial charge in [0.05, 0.1) is 12.1 Å². The Morgan fingerprint density at radius 1 is 1.10 bits per heavy atom. The summed E-state index contributed by atoms with van der Waals surface area (Å²) in [6.45, 7) is 7.05. The molecule has 3 N–H and O–H groups in total. The molecule has 0 bridgehead atoms. The zero-order valence-corrected chi connectivity index (χ0v) is 17.9. The van der Waals surface area contributed by atoms with Crippen molar-refractivity contribution in [3.05, 3.63) is 75.1 Å². The van der Waals surface area contributed by atoms with E-state index in [9.17, 15) is 9.90 Å². The zero-order chi connectivity index (χ0) is 21.0. The van der Waals surface area contributed by atoms with Crippen LogP contribution >= 0.6 is 12.2 Å². The molecule has 0 amide bonds. The molecule has 5 nitrogen and oxygen atoms in total. The minimum absolute atomic E-state index is 0.0655. The first kappa shape index (κ1) is 21.0. The molecule has 0 radical (unpaired) electrons. The maximum absolute atomic E-state index is 12.7. The molecule has 0 saturated heterocycles. The number of benzene rings is 2. The number of nitrogens with zero attached hydrogens (tertiary/aromatic N) is 1. The molecule has 3 aromatic rings. The van der Waals surface area contributed by atoms with E-state index in [0.717, 1.165) is 27.7 Å². The number of aliphatic hydroxyl groups excluding tert-OH is 1.